The van der Waals surface area contributed by atoms with E-state index >= 15 is 0 Å². The van der Waals surface area contributed by atoms with Crippen molar-refractivity contribution in [1.82, 2.24) is 0 Å². The molecule has 0 amide bonds. The minimum atomic E-state index is 0.0114. The molecule has 3 nitrogen and oxygen atoms in total. The van der Waals surface area contributed by atoms with Gasteiger partial charge in [-0.15, -0.1) is 0 Å². The van der Waals surface area contributed by atoms with Crippen LogP contribution in [-0.4, -0.2) is 20.3 Å². The summed E-state index contributed by atoms with van der Waals surface area (Å²) < 4.78 is 11.4. The molecule has 5 heteroatoms. The molecule has 0 spiro atoms. The maximum Gasteiger partial charge on any atom is 0.175 e. The van der Waals surface area contributed by atoms with E-state index < -0.39 is 0 Å². The normalized spacial score (nSPS) is 12.4. The molecule has 0 fully saturated rings. The Labute approximate surface area is 109 Å². The summed E-state index contributed by atoms with van der Waals surface area (Å²) >= 11 is 9.54. The van der Waals surface area contributed by atoms with E-state index in [1.54, 1.807) is 20.3 Å². The Bertz CT molecular complexity index is 383. The van der Waals surface area contributed by atoms with Crippen molar-refractivity contribution < 1.29 is 9.47 Å². The molecule has 1 rings (SSSR count). The number of benzene rings is 1. The van der Waals surface area contributed by atoms with Crippen LogP contribution in [0.25, 0.3) is 0 Å². The molecule has 0 aromatic heterocycles. The minimum absolute atomic E-state index is 0.0114. The zero-order chi connectivity index (χ0) is 12.3. The Kier molecular flexibility index (Phi) is 4.89. The SMILES string of the molecule is COc1c(Br)cc(Cl)c(CC(C)N)c1OC. The standard InChI is InChI=1S/C11H15BrClNO2/c1-6(14)4-7-9(13)5-8(12)11(16-3)10(7)15-2/h5-6H,4,14H2,1-3H3. The van der Waals surface area contributed by atoms with Gasteiger partial charge in [-0.3, -0.25) is 0 Å². The molecule has 1 atom stereocenters. The lowest BCUT2D eigenvalue weighted by atomic mass is 10.1. The van der Waals surface area contributed by atoms with Crippen molar-refractivity contribution >= 4 is 27.5 Å². The van der Waals surface area contributed by atoms with Gasteiger partial charge in [0.05, 0.1) is 18.7 Å². The molecule has 0 aliphatic rings. The van der Waals surface area contributed by atoms with Crippen LogP contribution >= 0.6 is 27.5 Å². The highest BCUT2D eigenvalue weighted by molar-refractivity contribution is 9.10. The summed E-state index contributed by atoms with van der Waals surface area (Å²) in [5.41, 5.74) is 6.65. The summed E-state index contributed by atoms with van der Waals surface area (Å²) in [5, 5.41) is 0.627. The molecule has 0 saturated heterocycles. The van der Waals surface area contributed by atoms with Crippen LogP contribution in [0, 0.1) is 0 Å². The second kappa shape index (κ2) is 5.75. The fourth-order valence-electron chi connectivity index (χ4n) is 1.54. The summed E-state index contributed by atoms with van der Waals surface area (Å²) in [6, 6.07) is 1.80. The minimum Gasteiger partial charge on any atom is -0.492 e. The fourth-order valence-corrected chi connectivity index (χ4v) is 2.51. The number of hydrogen-bond acceptors (Lipinski definition) is 3. The van der Waals surface area contributed by atoms with Gasteiger partial charge < -0.3 is 15.2 Å². The van der Waals surface area contributed by atoms with Gasteiger partial charge in [-0.1, -0.05) is 11.6 Å². The molecule has 16 heavy (non-hydrogen) atoms. The topological polar surface area (TPSA) is 44.5 Å². The van der Waals surface area contributed by atoms with Crippen LogP contribution in [0.3, 0.4) is 0 Å². The third-order valence-electron chi connectivity index (χ3n) is 2.17. The van der Waals surface area contributed by atoms with Gasteiger partial charge in [0.25, 0.3) is 0 Å². The van der Waals surface area contributed by atoms with Crippen LogP contribution in [0.2, 0.25) is 5.02 Å². The maximum atomic E-state index is 6.17. The monoisotopic (exact) mass is 307 g/mol. The average molecular weight is 309 g/mol. The molecule has 2 N–H and O–H groups in total. The van der Waals surface area contributed by atoms with Gasteiger partial charge in [0.1, 0.15) is 0 Å². The Morgan fingerprint density at radius 2 is 1.94 bits per heavy atom. The molecule has 0 radical (unpaired) electrons. The molecule has 0 aliphatic carbocycles. The average Bonchev–Trinajstić information content (AvgIpc) is 2.20. The lowest BCUT2D eigenvalue weighted by Crippen LogP contribution is -2.18. The van der Waals surface area contributed by atoms with Crippen LogP contribution in [0.15, 0.2) is 10.5 Å². The van der Waals surface area contributed by atoms with E-state index in [1.807, 2.05) is 6.92 Å². The van der Waals surface area contributed by atoms with E-state index in [9.17, 15) is 0 Å². The first kappa shape index (κ1) is 13.6. The summed E-state index contributed by atoms with van der Waals surface area (Å²) in [4.78, 5) is 0. The zero-order valence-electron chi connectivity index (χ0n) is 9.51. The summed E-state index contributed by atoms with van der Waals surface area (Å²) in [6.45, 7) is 1.92. The molecular weight excluding hydrogens is 293 g/mol. The smallest absolute Gasteiger partial charge is 0.175 e. The number of rotatable bonds is 4. The van der Waals surface area contributed by atoms with Gasteiger partial charge in [-0.05, 0) is 35.3 Å². The Hall–Kier alpha value is -0.450. The van der Waals surface area contributed by atoms with Gasteiger partial charge in [0.15, 0.2) is 11.5 Å². The second-order valence-corrected chi connectivity index (χ2v) is 4.83. The number of halogens is 2. The van der Waals surface area contributed by atoms with Gasteiger partial charge >= 0.3 is 0 Å². The number of methoxy groups -OCH3 is 2. The van der Waals surface area contributed by atoms with Crippen molar-refractivity contribution in [2.24, 2.45) is 5.73 Å². The van der Waals surface area contributed by atoms with E-state index in [0.29, 0.717) is 22.9 Å². The fraction of sp³-hybridized carbons (Fsp3) is 0.455. The second-order valence-electron chi connectivity index (χ2n) is 3.57. The van der Waals surface area contributed by atoms with Gasteiger partial charge in [0, 0.05) is 16.6 Å². The summed E-state index contributed by atoms with van der Waals surface area (Å²) in [7, 11) is 3.18. The van der Waals surface area contributed by atoms with Crippen LogP contribution < -0.4 is 15.2 Å². The Morgan fingerprint density at radius 3 is 2.38 bits per heavy atom. The number of hydrogen-bond donors (Lipinski definition) is 1. The molecule has 0 aliphatic heterocycles. The van der Waals surface area contributed by atoms with Crippen molar-refractivity contribution in [3.8, 4) is 11.5 Å². The summed E-state index contributed by atoms with van der Waals surface area (Å²) in [6.07, 6.45) is 0.644. The van der Waals surface area contributed by atoms with E-state index in [2.05, 4.69) is 15.9 Å². The molecule has 1 unspecified atom stereocenters. The molecule has 0 heterocycles. The largest absolute Gasteiger partial charge is 0.492 e. The lowest BCUT2D eigenvalue weighted by molar-refractivity contribution is 0.349. The third-order valence-corrected chi connectivity index (χ3v) is 3.10. The van der Waals surface area contributed by atoms with Crippen molar-refractivity contribution in [2.45, 2.75) is 19.4 Å². The molecule has 1 aromatic carbocycles. The van der Waals surface area contributed by atoms with Crippen molar-refractivity contribution in [3.05, 3.63) is 21.1 Å². The first-order valence-electron chi connectivity index (χ1n) is 4.85. The molecular formula is C11H15BrClNO2. The highest BCUT2D eigenvalue weighted by Crippen LogP contribution is 2.42. The first-order valence-corrected chi connectivity index (χ1v) is 6.02. The molecule has 1 aromatic rings. The maximum absolute atomic E-state index is 6.17. The highest BCUT2D eigenvalue weighted by Gasteiger charge is 2.18. The van der Waals surface area contributed by atoms with E-state index in [0.717, 1.165) is 10.0 Å². The predicted octanol–water partition coefficient (Wildman–Crippen LogP) is 3.01. The van der Waals surface area contributed by atoms with Crippen LogP contribution in [-0.2, 0) is 6.42 Å². The molecule has 0 saturated carbocycles. The quantitative estimate of drug-likeness (QED) is 0.930. The Balaban J connectivity index is 3.34. The Morgan fingerprint density at radius 1 is 1.38 bits per heavy atom. The van der Waals surface area contributed by atoms with Crippen molar-refractivity contribution in [3.63, 3.8) is 0 Å². The first-order chi connectivity index (χ1) is 7.51. The predicted molar refractivity (Wildman–Crippen MR) is 69.6 cm³/mol. The third kappa shape index (κ3) is 2.81. The van der Waals surface area contributed by atoms with Crippen LogP contribution in [0.1, 0.15) is 12.5 Å². The van der Waals surface area contributed by atoms with Crippen LogP contribution in [0.5, 0.6) is 11.5 Å². The highest BCUT2D eigenvalue weighted by atomic mass is 79.9. The molecule has 0 bridgehead atoms. The zero-order valence-corrected chi connectivity index (χ0v) is 11.9. The van der Waals surface area contributed by atoms with Gasteiger partial charge in [0.2, 0.25) is 0 Å². The number of nitrogens with two attached hydrogens (primary N) is 1. The van der Waals surface area contributed by atoms with Crippen molar-refractivity contribution in [1.29, 1.82) is 0 Å². The number of ether oxygens (including phenoxy) is 2. The molecule has 90 valence electrons. The van der Waals surface area contributed by atoms with E-state index in [1.165, 1.54) is 0 Å². The van der Waals surface area contributed by atoms with E-state index in [-0.39, 0.29) is 6.04 Å². The lowest BCUT2D eigenvalue weighted by Gasteiger charge is -2.17. The van der Waals surface area contributed by atoms with Gasteiger partial charge in [-0.2, -0.15) is 0 Å². The van der Waals surface area contributed by atoms with Crippen LogP contribution in [0.4, 0.5) is 0 Å². The van der Waals surface area contributed by atoms with Gasteiger partial charge in [-0.25, -0.2) is 0 Å². The van der Waals surface area contributed by atoms with Crippen molar-refractivity contribution in [2.75, 3.05) is 14.2 Å². The van der Waals surface area contributed by atoms with E-state index in [4.69, 9.17) is 26.8 Å². The summed E-state index contributed by atoms with van der Waals surface area (Å²) in [5.74, 6) is 1.28.